The number of nitrogens with one attached hydrogen (secondary N) is 1. The molecule has 1 aromatic carbocycles. The summed E-state index contributed by atoms with van der Waals surface area (Å²) in [6.07, 6.45) is -2.36. The van der Waals surface area contributed by atoms with Crippen LogP contribution in [0.15, 0.2) is 36.5 Å². The quantitative estimate of drug-likeness (QED) is 0.910. The van der Waals surface area contributed by atoms with Gasteiger partial charge in [-0.1, -0.05) is 19.1 Å². The van der Waals surface area contributed by atoms with Gasteiger partial charge in [-0.15, -0.1) is 13.2 Å². The number of aromatic nitrogens is 2. The smallest absolute Gasteiger partial charge is 0.405 e. The van der Waals surface area contributed by atoms with E-state index >= 15 is 0 Å². The lowest BCUT2D eigenvalue weighted by Gasteiger charge is -2.13. The van der Waals surface area contributed by atoms with Crippen molar-refractivity contribution >= 4 is 5.95 Å². The van der Waals surface area contributed by atoms with Crippen molar-refractivity contribution in [1.82, 2.24) is 9.97 Å². The summed E-state index contributed by atoms with van der Waals surface area (Å²) in [6.45, 7) is 2.67. The molecule has 0 bridgehead atoms. The molecule has 0 spiro atoms. The van der Waals surface area contributed by atoms with Gasteiger partial charge in [0.05, 0.1) is 5.69 Å². The van der Waals surface area contributed by atoms with Gasteiger partial charge in [0, 0.05) is 18.3 Å². The van der Waals surface area contributed by atoms with E-state index < -0.39 is 6.36 Å². The highest BCUT2D eigenvalue weighted by molar-refractivity contribution is 5.67. The summed E-state index contributed by atoms with van der Waals surface area (Å²) in [7, 11) is 0. The number of hydrogen-bond donors (Lipinski definition) is 1. The summed E-state index contributed by atoms with van der Waals surface area (Å²) < 4.78 is 41.3. The first-order valence-corrected chi connectivity index (χ1v) is 6.41. The Morgan fingerprint density at radius 1 is 1.19 bits per heavy atom. The molecule has 0 amide bonds. The first-order chi connectivity index (χ1) is 9.99. The first kappa shape index (κ1) is 15.1. The Morgan fingerprint density at radius 2 is 1.95 bits per heavy atom. The minimum Gasteiger partial charge on any atom is -0.405 e. The van der Waals surface area contributed by atoms with Crippen LogP contribution in [-0.2, 0) is 0 Å². The Labute approximate surface area is 120 Å². The van der Waals surface area contributed by atoms with Crippen LogP contribution >= 0.6 is 0 Å². The van der Waals surface area contributed by atoms with Crippen LogP contribution in [0.1, 0.15) is 13.3 Å². The van der Waals surface area contributed by atoms with Crippen LogP contribution < -0.4 is 10.1 Å². The van der Waals surface area contributed by atoms with Gasteiger partial charge in [0.15, 0.2) is 0 Å². The first-order valence-electron chi connectivity index (χ1n) is 6.41. The van der Waals surface area contributed by atoms with Crippen molar-refractivity contribution in [1.29, 1.82) is 0 Å². The normalized spacial score (nSPS) is 11.2. The molecule has 112 valence electrons. The van der Waals surface area contributed by atoms with Gasteiger partial charge in [-0.05, 0) is 24.6 Å². The zero-order valence-corrected chi connectivity index (χ0v) is 11.3. The van der Waals surface area contributed by atoms with Crippen LogP contribution in [0.4, 0.5) is 19.1 Å². The van der Waals surface area contributed by atoms with E-state index in [2.05, 4.69) is 20.0 Å². The lowest BCUT2D eigenvalue weighted by molar-refractivity contribution is -0.274. The van der Waals surface area contributed by atoms with Gasteiger partial charge < -0.3 is 10.1 Å². The number of benzene rings is 1. The fraction of sp³-hybridized carbons (Fsp3) is 0.286. The minimum atomic E-state index is -4.74. The largest absolute Gasteiger partial charge is 0.573 e. The summed E-state index contributed by atoms with van der Waals surface area (Å²) >= 11 is 0. The van der Waals surface area contributed by atoms with Crippen molar-refractivity contribution in [2.75, 3.05) is 11.9 Å². The Bertz CT molecular complexity index is 602. The molecule has 1 N–H and O–H groups in total. The predicted octanol–water partition coefficient (Wildman–Crippen LogP) is 3.86. The Kier molecular flexibility index (Phi) is 4.62. The average molecular weight is 297 g/mol. The summed E-state index contributed by atoms with van der Waals surface area (Å²) in [6, 6.07) is 7.41. The van der Waals surface area contributed by atoms with Gasteiger partial charge in [0.1, 0.15) is 5.75 Å². The molecule has 2 rings (SSSR count). The summed E-state index contributed by atoms with van der Waals surface area (Å²) in [5, 5.41) is 2.99. The lowest BCUT2D eigenvalue weighted by atomic mass is 10.1. The van der Waals surface area contributed by atoms with Crippen LogP contribution in [-0.4, -0.2) is 22.9 Å². The van der Waals surface area contributed by atoms with Crippen molar-refractivity contribution in [2.45, 2.75) is 19.7 Å². The van der Waals surface area contributed by atoms with Crippen LogP contribution in [0, 0.1) is 0 Å². The molecule has 0 aliphatic rings. The number of rotatable bonds is 5. The van der Waals surface area contributed by atoms with E-state index in [4.69, 9.17) is 0 Å². The third-order valence-electron chi connectivity index (χ3n) is 2.58. The van der Waals surface area contributed by atoms with Crippen LogP contribution in [0.2, 0.25) is 0 Å². The molecule has 0 radical (unpaired) electrons. The average Bonchev–Trinajstić information content (AvgIpc) is 2.44. The van der Waals surface area contributed by atoms with Gasteiger partial charge in [0.25, 0.3) is 0 Å². The van der Waals surface area contributed by atoms with E-state index in [-0.39, 0.29) is 11.3 Å². The number of alkyl halides is 3. The monoisotopic (exact) mass is 297 g/mol. The SMILES string of the molecule is CCCNc1nccc(-c2ccccc2OC(F)(F)F)n1. The highest BCUT2D eigenvalue weighted by Gasteiger charge is 2.32. The highest BCUT2D eigenvalue weighted by atomic mass is 19.4. The number of para-hydroxylation sites is 1. The Morgan fingerprint density at radius 3 is 2.67 bits per heavy atom. The predicted molar refractivity (Wildman–Crippen MR) is 72.9 cm³/mol. The van der Waals surface area contributed by atoms with E-state index in [0.29, 0.717) is 18.2 Å². The molecule has 0 atom stereocenters. The van der Waals surface area contributed by atoms with Crippen molar-refractivity contribution in [3.8, 4) is 17.0 Å². The number of hydrogen-bond acceptors (Lipinski definition) is 4. The standard InChI is InChI=1S/C14H14F3N3O/c1-2-8-18-13-19-9-7-11(20-13)10-5-3-4-6-12(10)21-14(15,16)17/h3-7,9H,2,8H2,1H3,(H,18,19,20). The van der Waals surface area contributed by atoms with Gasteiger partial charge in [-0.25, -0.2) is 9.97 Å². The van der Waals surface area contributed by atoms with Crippen molar-refractivity contribution < 1.29 is 17.9 Å². The molecular weight excluding hydrogens is 283 g/mol. The molecule has 7 heteroatoms. The Balaban J connectivity index is 2.33. The van der Waals surface area contributed by atoms with Crippen LogP contribution in [0.5, 0.6) is 5.75 Å². The van der Waals surface area contributed by atoms with E-state index in [1.807, 2.05) is 6.92 Å². The number of nitrogens with zero attached hydrogens (tertiary/aromatic N) is 2. The van der Waals surface area contributed by atoms with E-state index in [1.54, 1.807) is 6.07 Å². The molecule has 0 unspecified atom stereocenters. The molecule has 0 aliphatic carbocycles. The molecule has 1 heterocycles. The van der Waals surface area contributed by atoms with Crippen molar-refractivity contribution in [3.63, 3.8) is 0 Å². The van der Waals surface area contributed by atoms with Crippen LogP contribution in [0.25, 0.3) is 11.3 Å². The zero-order valence-electron chi connectivity index (χ0n) is 11.3. The molecule has 0 fully saturated rings. The second-order valence-corrected chi connectivity index (χ2v) is 4.24. The molecule has 0 saturated carbocycles. The lowest BCUT2D eigenvalue weighted by Crippen LogP contribution is -2.17. The topological polar surface area (TPSA) is 47.0 Å². The van der Waals surface area contributed by atoms with E-state index in [1.165, 1.54) is 30.5 Å². The maximum absolute atomic E-state index is 12.4. The number of anilines is 1. The van der Waals surface area contributed by atoms with Crippen LogP contribution in [0.3, 0.4) is 0 Å². The zero-order chi connectivity index (χ0) is 15.3. The van der Waals surface area contributed by atoms with Gasteiger partial charge in [0.2, 0.25) is 5.95 Å². The van der Waals surface area contributed by atoms with E-state index in [9.17, 15) is 13.2 Å². The summed E-state index contributed by atoms with van der Waals surface area (Å²) in [4.78, 5) is 8.22. The third kappa shape index (κ3) is 4.34. The third-order valence-corrected chi connectivity index (χ3v) is 2.58. The van der Waals surface area contributed by atoms with Gasteiger partial charge in [-0.2, -0.15) is 0 Å². The number of ether oxygens (including phenoxy) is 1. The second kappa shape index (κ2) is 6.43. The fourth-order valence-electron chi connectivity index (χ4n) is 1.72. The molecule has 2 aromatic rings. The molecule has 21 heavy (non-hydrogen) atoms. The minimum absolute atomic E-state index is 0.261. The summed E-state index contributed by atoms with van der Waals surface area (Å²) in [5.41, 5.74) is 0.625. The maximum Gasteiger partial charge on any atom is 0.573 e. The molecule has 0 aliphatic heterocycles. The fourth-order valence-corrected chi connectivity index (χ4v) is 1.72. The second-order valence-electron chi connectivity index (χ2n) is 4.24. The molecule has 4 nitrogen and oxygen atoms in total. The molecular formula is C14H14F3N3O. The summed E-state index contributed by atoms with van der Waals surface area (Å²) in [5.74, 6) is 0.0845. The van der Waals surface area contributed by atoms with Gasteiger partial charge in [-0.3, -0.25) is 0 Å². The highest BCUT2D eigenvalue weighted by Crippen LogP contribution is 2.32. The van der Waals surface area contributed by atoms with E-state index in [0.717, 1.165) is 6.42 Å². The maximum atomic E-state index is 12.4. The Hall–Kier alpha value is -2.31. The molecule has 0 saturated heterocycles. The van der Waals surface area contributed by atoms with Gasteiger partial charge >= 0.3 is 6.36 Å². The number of halogens is 3. The molecule has 1 aromatic heterocycles. The van der Waals surface area contributed by atoms with Crippen molar-refractivity contribution in [3.05, 3.63) is 36.5 Å². The van der Waals surface area contributed by atoms with Crippen molar-refractivity contribution in [2.24, 2.45) is 0 Å².